The summed E-state index contributed by atoms with van der Waals surface area (Å²) in [5, 5.41) is 18.0. The molecule has 1 aromatic carbocycles. The van der Waals surface area contributed by atoms with Crippen LogP contribution in [-0.4, -0.2) is 24.2 Å². The smallest absolute Gasteiger partial charge is 0.308 e. The number of halogens is 1. The second-order valence-corrected chi connectivity index (χ2v) is 4.37. The molecule has 1 aliphatic heterocycles. The van der Waals surface area contributed by atoms with Crippen LogP contribution in [0.2, 0.25) is 0 Å². The summed E-state index contributed by atoms with van der Waals surface area (Å²) in [6.07, 6.45) is 1.36. The molecule has 0 aromatic heterocycles. The highest BCUT2D eigenvalue weighted by atomic mass is 19.1. The van der Waals surface area contributed by atoms with E-state index < -0.39 is 17.7 Å². The van der Waals surface area contributed by atoms with Crippen molar-refractivity contribution in [2.75, 3.05) is 18.0 Å². The third-order valence-corrected chi connectivity index (χ3v) is 3.21. The second-order valence-electron chi connectivity index (χ2n) is 4.37. The molecule has 0 aliphatic carbocycles. The Morgan fingerprint density at radius 3 is 3.00 bits per heavy atom. The molecule has 0 unspecified atom stereocenters. The summed E-state index contributed by atoms with van der Waals surface area (Å²) < 4.78 is 13.5. The number of nitrogens with zero attached hydrogens (tertiary/aromatic N) is 2. The van der Waals surface area contributed by atoms with Crippen molar-refractivity contribution in [2.45, 2.75) is 12.8 Å². The van der Waals surface area contributed by atoms with Gasteiger partial charge in [-0.3, -0.25) is 4.79 Å². The molecule has 0 bridgehead atoms. The summed E-state index contributed by atoms with van der Waals surface area (Å²) >= 11 is 0. The normalized spacial score (nSPS) is 19.3. The fourth-order valence-electron chi connectivity index (χ4n) is 2.28. The first-order valence-corrected chi connectivity index (χ1v) is 5.80. The van der Waals surface area contributed by atoms with Crippen LogP contribution < -0.4 is 4.90 Å². The molecular weight excluding hydrogens is 235 g/mol. The van der Waals surface area contributed by atoms with Crippen LogP contribution in [0.25, 0.3) is 0 Å². The molecule has 1 fully saturated rings. The Balaban J connectivity index is 2.29. The average molecular weight is 248 g/mol. The van der Waals surface area contributed by atoms with Gasteiger partial charge in [0, 0.05) is 13.1 Å². The number of nitriles is 1. The van der Waals surface area contributed by atoms with Crippen molar-refractivity contribution in [3.63, 3.8) is 0 Å². The van der Waals surface area contributed by atoms with Crippen LogP contribution in [0.4, 0.5) is 10.1 Å². The van der Waals surface area contributed by atoms with Gasteiger partial charge in [-0.1, -0.05) is 6.07 Å². The zero-order chi connectivity index (χ0) is 13.1. The first-order valence-electron chi connectivity index (χ1n) is 5.80. The lowest BCUT2D eigenvalue weighted by atomic mass is 9.97. The minimum atomic E-state index is -0.838. The maximum atomic E-state index is 13.5. The van der Waals surface area contributed by atoms with Crippen LogP contribution >= 0.6 is 0 Å². The lowest BCUT2D eigenvalue weighted by molar-refractivity contribution is -0.141. The van der Waals surface area contributed by atoms with Gasteiger partial charge in [0.05, 0.1) is 11.6 Å². The van der Waals surface area contributed by atoms with Gasteiger partial charge < -0.3 is 10.0 Å². The summed E-state index contributed by atoms with van der Waals surface area (Å²) in [5.41, 5.74) is 0.479. The molecule has 0 amide bonds. The Morgan fingerprint density at radius 1 is 1.56 bits per heavy atom. The number of benzene rings is 1. The van der Waals surface area contributed by atoms with Crippen LogP contribution in [-0.2, 0) is 4.79 Å². The predicted octanol–water partition coefficient (Wildman–Crippen LogP) is 2.00. The van der Waals surface area contributed by atoms with E-state index in [4.69, 9.17) is 10.4 Å². The summed E-state index contributed by atoms with van der Waals surface area (Å²) in [7, 11) is 0. The Hall–Kier alpha value is -2.09. The molecule has 1 aromatic rings. The summed E-state index contributed by atoms with van der Waals surface area (Å²) in [6.45, 7) is 0.982. The third kappa shape index (κ3) is 2.28. The lowest BCUT2D eigenvalue weighted by Crippen LogP contribution is -2.39. The van der Waals surface area contributed by atoms with E-state index in [0.717, 1.165) is 6.42 Å². The van der Waals surface area contributed by atoms with Crippen molar-refractivity contribution in [2.24, 2.45) is 5.92 Å². The summed E-state index contributed by atoms with van der Waals surface area (Å²) in [4.78, 5) is 12.8. The van der Waals surface area contributed by atoms with E-state index in [1.165, 1.54) is 12.1 Å². The molecule has 0 spiro atoms. The van der Waals surface area contributed by atoms with Crippen LogP contribution in [0.1, 0.15) is 18.4 Å². The number of carboxylic acid groups (broad SMARTS) is 1. The fraction of sp³-hybridized carbons (Fsp3) is 0.385. The highest BCUT2D eigenvalue weighted by molar-refractivity contribution is 5.72. The molecule has 1 saturated heterocycles. The molecule has 5 heteroatoms. The van der Waals surface area contributed by atoms with Crippen LogP contribution in [0, 0.1) is 23.1 Å². The molecule has 1 N–H and O–H groups in total. The topological polar surface area (TPSA) is 64.3 Å². The Bertz CT molecular complexity index is 510. The first-order chi connectivity index (χ1) is 8.63. The number of carbonyl (C=O) groups is 1. The maximum absolute atomic E-state index is 13.5. The molecule has 1 heterocycles. The second kappa shape index (κ2) is 5.05. The molecule has 0 radical (unpaired) electrons. The first kappa shape index (κ1) is 12.4. The highest BCUT2D eigenvalue weighted by Crippen LogP contribution is 2.27. The van der Waals surface area contributed by atoms with Gasteiger partial charge in [0.15, 0.2) is 0 Å². The van der Waals surface area contributed by atoms with Crippen molar-refractivity contribution in [1.82, 2.24) is 0 Å². The van der Waals surface area contributed by atoms with E-state index in [1.54, 1.807) is 11.0 Å². The van der Waals surface area contributed by atoms with E-state index in [-0.39, 0.29) is 5.56 Å². The van der Waals surface area contributed by atoms with Gasteiger partial charge in [-0.2, -0.15) is 5.26 Å². The largest absolute Gasteiger partial charge is 0.481 e. The number of hydrogen-bond acceptors (Lipinski definition) is 3. The van der Waals surface area contributed by atoms with Gasteiger partial charge in [-0.05, 0) is 25.0 Å². The van der Waals surface area contributed by atoms with Crippen molar-refractivity contribution >= 4 is 11.7 Å². The zero-order valence-corrected chi connectivity index (χ0v) is 9.77. The molecule has 18 heavy (non-hydrogen) atoms. The van der Waals surface area contributed by atoms with Crippen molar-refractivity contribution < 1.29 is 14.3 Å². The predicted molar refractivity (Wildman–Crippen MR) is 63.7 cm³/mol. The Morgan fingerprint density at radius 2 is 2.33 bits per heavy atom. The van der Waals surface area contributed by atoms with Gasteiger partial charge in [0.2, 0.25) is 0 Å². The number of aliphatic carboxylic acids is 1. The zero-order valence-electron chi connectivity index (χ0n) is 9.77. The van der Waals surface area contributed by atoms with Gasteiger partial charge in [-0.15, -0.1) is 0 Å². The average Bonchev–Trinajstić information content (AvgIpc) is 2.38. The van der Waals surface area contributed by atoms with E-state index in [0.29, 0.717) is 25.2 Å². The third-order valence-electron chi connectivity index (χ3n) is 3.21. The van der Waals surface area contributed by atoms with E-state index in [2.05, 4.69) is 0 Å². The van der Waals surface area contributed by atoms with Gasteiger partial charge in [0.1, 0.15) is 17.4 Å². The number of piperidine rings is 1. The van der Waals surface area contributed by atoms with E-state index in [1.807, 2.05) is 6.07 Å². The number of rotatable bonds is 2. The lowest BCUT2D eigenvalue weighted by Gasteiger charge is -2.33. The SMILES string of the molecule is N#Cc1c(F)cccc1N1CCC[C@H](C(=O)O)C1. The monoisotopic (exact) mass is 248 g/mol. The minimum Gasteiger partial charge on any atom is -0.481 e. The number of hydrogen-bond donors (Lipinski definition) is 1. The van der Waals surface area contributed by atoms with Gasteiger partial charge >= 0.3 is 5.97 Å². The molecule has 1 aliphatic rings. The molecule has 2 rings (SSSR count). The summed E-state index contributed by atoms with van der Waals surface area (Å²) in [6, 6.07) is 6.27. The van der Waals surface area contributed by atoms with E-state index in [9.17, 15) is 9.18 Å². The molecule has 94 valence electrons. The highest BCUT2D eigenvalue weighted by Gasteiger charge is 2.27. The molecule has 0 saturated carbocycles. The Labute approximate surface area is 104 Å². The molecule has 1 atom stereocenters. The van der Waals surface area contributed by atoms with Crippen molar-refractivity contribution in [3.05, 3.63) is 29.6 Å². The summed E-state index contributed by atoms with van der Waals surface area (Å²) in [5.74, 6) is -1.85. The quantitative estimate of drug-likeness (QED) is 0.869. The number of anilines is 1. The maximum Gasteiger partial charge on any atom is 0.308 e. The molecular formula is C13H13FN2O2. The van der Waals surface area contributed by atoms with Crippen molar-refractivity contribution in [3.8, 4) is 6.07 Å². The number of carboxylic acids is 1. The minimum absolute atomic E-state index is 0.0106. The molecule has 4 nitrogen and oxygen atoms in total. The Kier molecular flexibility index (Phi) is 3.47. The van der Waals surface area contributed by atoms with Crippen molar-refractivity contribution in [1.29, 1.82) is 5.26 Å². The van der Waals surface area contributed by atoms with Crippen LogP contribution in [0.3, 0.4) is 0 Å². The van der Waals surface area contributed by atoms with Crippen LogP contribution in [0.15, 0.2) is 18.2 Å². The van der Waals surface area contributed by atoms with Gasteiger partial charge in [0.25, 0.3) is 0 Å². The van der Waals surface area contributed by atoms with Gasteiger partial charge in [-0.25, -0.2) is 4.39 Å². The van der Waals surface area contributed by atoms with E-state index >= 15 is 0 Å². The van der Waals surface area contributed by atoms with Crippen LogP contribution in [0.5, 0.6) is 0 Å². The fourth-order valence-corrected chi connectivity index (χ4v) is 2.28. The standard InChI is InChI=1S/C13H13FN2O2/c14-11-4-1-5-12(10(11)7-15)16-6-2-3-9(8-16)13(17)18/h1,4-5,9H,2-3,6,8H2,(H,17,18)/t9-/m0/s1.